The van der Waals surface area contributed by atoms with Crippen LogP contribution in [-0.2, 0) is 4.79 Å². The van der Waals surface area contributed by atoms with Crippen molar-refractivity contribution in [3.05, 3.63) is 34.7 Å². The van der Waals surface area contributed by atoms with Crippen LogP contribution in [0.2, 0.25) is 0 Å². The second kappa shape index (κ2) is 5.17. The van der Waals surface area contributed by atoms with E-state index in [0.717, 1.165) is 25.7 Å². The highest BCUT2D eigenvalue weighted by Gasteiger charge is 2.25. The summed E-state index contributed by atoms with van der Waals surface area (Å²) in [7, 11) is 0. The number of hydrogen-bond donors (Lipinski definition) is 1. The standard InChI is InChI=1S/C13H17NO3/c15-12-6-1-2-7-14(12)11-5-3-4-10(8-11)9-13(16)17/h1-2,6-7,10-11H,3-5,8-9H2,(H,16,17). The zero-order valence-electron chi connectivity index (χ0n) is 9.71. The van der Waals surface area contributed by atoms with Crippen LogP contribution in [0.5, 0.6) is 0 Å². The average Bonchev–Trinajstić information content (AvgIpc) is 2.29. The molecule has 0 bridgehead atoms. The minimum atomic E-state index is -0.740. The molecule has 2 atom stereocenters. The van der Waals surface area contributed by atoms with Crippen molar-refractivity contribution in [1.29, 1.82) is 0 Å². The van der Waals surface area contributed by atoms with Gasteiger partial charge in [0.15, 0.2) is 0 Å². The molecule has 4 heteroatoms. The molecule has 1 aromatic rings. The van der Waals surface area contributed by atoms with Crippen LogP contribution < -0.4 is 5.56 Å². The Morgan fingerprint density at radius 3 is 2.94 bits per heavy atom. The van der Waals surface area contributed by atoms with Gasteiger partial charge in [-0.25, -0.2) is 0 Å². The molecule has 0 aliphatic heterocycles. The van der Waals surface area contributed by atoms with Gasteiger partial charge in [-0.1, -0.05) is 12.5 Å². The quantitative estimate of drug-likeness (QED) is 0.872. The maximum absolute atomic E-state index is 11.7. The fourth-order valence-corrected chi connectivity index (χ4v) is 2.69. The summed E-state index contributed by atoms with van der Waals surface area (Å²) in [6, 6.07) is 5.31. The lowest BCUT2D eigenvalue weighted by atomic mass is 9.83. The first-order valence-electron chi connectivity index (χ1n) is 6.06. The zero-order chi connectivity index (χ0) is 12.3. The van der Waals surface area contributed by atoms with Gasteiger partial charge in [-0.2, -0.15) is 0 Å². The van der Waals surface area contributed by atoms with Gasteiger partial charge in [0.2, 0.25) is 0 Å². The summed E-state index contributed by atoms with van der Waals surface area (Å²) in [6.45, 7) is 0. The monoisotopic (exact) mass is 235 g/mol. The normalized spacial score (nSPS) is 24.5. The van der Waals surface area contributed by atoms with Gasteiger partial charge in [0.1, 0.15) is 0 Å². The van der Waals surface area contributed by atoms with Crippen molar-refractivity contribution >= 4 is 5.97 Å². The molecule has 0 spiro atoms. The van der Waals surface area contributed by atoms with Crippen LogP contribution in [0, 0.1) is 5.92 Å². The van der Waals surface area contributed by atoms with Gasteiger partial charge in [-0.3, -0.25) is 9.59 Å². The summed E-state index contributed by atoms with van der Waals surface area (Å²) in [5.41, 5.74) is 0.00785. The van der Waals surface area contributed by atoms with E-state index in [9.17, 15) is 9.59 Å². The van der Waals surface area contributed by atoms with Crippen molar-refractivity contribution in [3.63, 3.8) is 0 Å². The Labute approximate surface area is 99.9 Å². The van der Waals surface area contributed by atoms with Crippen LogP contribution in [0.3, 0.4) is 0 Å². The molecule has 4 nitrogen and oxygen atoms in total. The Morgan fingerprint density at radius 1 is 1.41 bits per heavy atom. The van der Waals surface area contributed by atoms with Gasteiger partial charge in [0.05, 0.1) is 0 Å². The first-order chi connectivity index (χ1) is 8.16. The lowest BCUT2D eigenvalue weighted by molar-refractivity contribution is -0.138. The molecule has 1 fully saturated rings. The van der Waals surface area contributed by atoms with Crippen LogP contribution in [0.15, 0.2) is 29.2 Å². The van der Waals surface area contributed by atoms with Gasteiger partial charge in [0, 0.05) is 24.7 Å². The molecule has 2 unspecified atom stereocenters. The molecular weight excluding hydrogens is 218 g/mol. The van der Waals surface area contributed by atoms with Crippen molar-refractivity contribution in [2.45, 2.75) is 38.1 Å². The number of aromatic nitrogens is 1. The first kappa shape index (κ1) is 11.9. The Balaban J connectivity index is 2.10. The summed E-state index contributed by atoms with van der Waals surface area (Å²) in [4.78, 5) is 22.4. The number of nitrogens with zero attached hydrogens (tertiary/aromatic N) is 1. The summed E-state index contributed by atoms with van der Waals surface area (Å²) >= 11 is 0. The Kier molecular flexibility index (Phi) is 3.61. The SMILES string of the molecule is O=C(O)CC1CCCC(n2ccccc2=O)C1. The number of carboxylic acids is 1. The molecule has 0 aromatic carbocycles. The summed E-state index contributed by atoms with van der Waals surface area (Å²) in [6.07, 6.45) is 5.76. The molecular formula is C13H17NO3. The first-order valence-corrected chi connectivity index (χ1v) is 6.06. The lowest BCUT2D eigenvalue weighted by Crippen LogP contribution is -2.28. The Morgan fingerprint density at radius 2 is 2.24 bits per heavy atom. The third-order valence-corrected chi connectivity index (χ3v) is 3.46. The number of rotatable bonds is 3. The van der Waals surface area contributed by atoms with Crippen molar-refractivity contribution in [2.75, 3.05) is 0 Å². The summed E-state index contributed by atoms with van der Waals surface area (Å²) in [5.74, 6) is -0.533. The third kappa shape index (κ3) is 2.96. The molecule has 2 rings (SSSR count). The van der Waals surface area contributed by atoms with E-state index in [1.807, 2.05) is 6.07 Å². The van der Waals surface area contributed by atoms with Crippen LogP contribution in [-0.4, -0.2) is 15.6 Å². The van der Waals surface area contributed by atoms with E-state index < -0.39 is 5.97 Å². The third-order valence-electron chi connectivity index (χ3n) is 3.46. The van der Waals surface area contributed by atoms with E-state index in [2.05, 4.69) is 0 Å². The van der Waals surface area contributed by atoms with E-state index in [4.69, 9.17) is 5.11 Å². The van der Waals surface area contributed by atoms with Crippen LogP contribution >= 0.6 is 0 Å². The van der Waals surface area contributed by atoms with Gasteiger partial charge >= 0.3 is 5.97 Å². The number of carboxylic acid groups (broad SMARTS) is 1. The number of carbonyl (C=O) groups is 1. The lowest BCUT2D eigenvalue weighted by Gasteiger charge is -2.29. The minimum absolute atomic E-state index is 0.00785. The number of hydrogen-bond acceptors (Lipinski definition) is 2. The molecule has 1 N–H and O–H groups in total. The van der Waals surface area contributed by atoms with Crippen LogP contribution in [0.25, 0.3) is 0 Å². The Bertz CT molecular complexity index is 452. The predicted molar refractivity (Wildman–Crippen MR) is 63.9 cm³/mol. The van der Waals surface area contributed by atoms with Crippen molar-refractivity contribution in [1.82, 2.24) is 4.57 Å². The highest BCUT2D eigenvalue weighted by molar-refractivity contribution is 5.67. The molecule has 0 saturated heterocycles. The van der Waals surface area contributed by atoms with Gasteiger partial charge in [0.25, 0.3) is 5.56 Å². The minimum Gasteiger partial charge on any atom is -0.481 e. The van der Waals surface area contributed by atoms with Crippen LogP contribution in [0.1, 0.15) is 38.1 Å². The smallest absolute Gasteiger partial charge is 0.303 e. The Hall–Kier alpha value is -1.58. The van der Waals surface area contributed by atoms with Crippen molar-refractivity contribution in [2.24, 2.45) is 5.92 Å². The maximum atomic E-state index is 11.7. The number of aliphatic carboxylic acids is 1. The van der Waals surface area contributed by atoms with Crippen LogP contribution in [0.4, 0.5) is 0 Å². The fourth-order valence-electron chi connectivity index (χ4n) is 2.69. The van der Waals surface area contributed by atoms with E-state index in [1.165, 1.54) is 0 Å². The molecule has 1 heterocycles. The number of pyridine rings is 1. The van der Waals surface area contributed by atoms with Crippen molar-refractivity contribution < 1.29 is 9.90 Å². The molecule has 1 aliphatic carbocycles. The maximum Gasteiger partial charge on any atom is 0.303 e. The van der Waals surface area contributed by atoms with Gasteiger partial charge in [-0.15, -0.1) is 0 Å². The highest BCUT2D eigenvalue weighted by atomic mass is 16.4. The second-order valence-electron chi connectivity index (χ2n) is 4.73. The molecule has 0 amide bonds. The van der Waals surface area contributed by atoms with E-state index in [1.54, 1.807) is 22.9 Å². The highest BCUT2D eigenvalue weighted by Crippen LogP contribution is 2.33. The molecule has 1 aliphatic rings. The van der Waals surface area contributed by atoms with Gasteiger partial charge < -0.3 is 9.67 Å². The van der Waals surface area contributed by atoms with Gasteiger partial charge in [-0.05, 0) is 31.2 Å². The fraction of sp³-hybridized carbons (Fsp3) is 0.538. The molecule has 1 aromatic heterocycles. The topological polar surface area (TPSA) is 59.3 Å². The summed E-state index contributed by atoms with van der Waals surface area (Å²) in [5, 5.41) is 8.81. The molecule has 92 valence electrons. The predicted octanol–water partition coefficient (Wildman–Crippen LogP) is 2.05. The van der Waals surface area contributed by atoms with E-state index >= 15 is 0 Å². The zero-order valence-corrected chi connectivity index (χ0v) is 9.71. The second-order valence-corrected chi connectivity index (χ2v) is 4.73. The molecule has 0 radical (unpaired) electrons. The van der Waals surface area contributed by atoms with Crippen molar-refractivity contribution in [3.8, 4) is 0 Å². The van der Waals surface area contributed by atoms with E-state index in [-0.39, 0.29) is 23.9 Å². The summed E-state index contributed by atoms with van der Waals surface area (Å²) < 4.78 is 1.74. The van der Waals surface area contributed by atoms with E-state index in [0.29, 0.717) is 0 Å². The average molecular weight is 235 g/mol. The largest absolute Gasteiger partial charge is 0.481 e. The molecule has 1 saturated carbocycles. The molecule has 17 heavy (non-hydrogen) atoms.